The van der Waals surface area contributed by atoms with Gasteiger partial charge in [-0.05, 0) is 18.8 Å². The van der Waals surface area contributed by atoms with Gasteiger partial charge in [0.15, 0.2) is 5.78 Å². The third-order valence-electron chi connectivity index (χ3n) is 3.71. The second kappa shape index (κ2) is 5.35. The molecule has 1 aliphatic heterocycles. The van der Waals surface area contributed by atoms with Gasteiger partial charge in [-0.1, -0.05) is 26.3 Å². The maximum Gasteiger partial charge on any atom is 0.168 e. The van der Waals surface area contributed by atoms with Gasteiger partial charge in [0, 0.05) is 31.2 Å². The summed E-state index contributed by atoms with van der Waals surface area (Å²) in [6.07, 6.45) is 5.19. The molecule has 0 aromatic rings. The van der Waals surface area contributed by atoms with Crippen molar-refractivity contribution in [3.8, 4) is 0 Å². The van der Waals surface area contributed by atoms with E-state index in [1.165, 1.54) is 11.8 Å². The lowest BCUT2D eigenvalue weighted by Gasteiger charge is -2.28. The van der Waals surface area contributed by atoms with Crippen LogP contribution in [-0.4, -0.2) is 22.9 Å². The van der Waals surface area contributed by atoms with Crippen LogP contribution in [0.25, 0.3) is 0 Å². The second-order valence-electron chi connectivity index (χ2n) is 6.63. The Morgan fingerprint density at radius 3 is 2.75 bits per heavy atom. The number of aliphatic hydroxyl groups excluding tert-OH is 1. The number of allylic oxidation sites excluding steroid dienone is 3. The molecule has 0 spiro atoms. The second-order valence-corrected chi connectivity index (χ2v) is 6.63. The summed E-state index contributed by atoms with van der Waals surface area (Å²) in [5.41, 5.74) is 1.40. The SMILES string of the molecule is CC1=CN=C(N=CC2=C(O)CC(C)(C)CC2=O)C(C)C1. The van der Waals surface area contributed by atoms with E-state index in [0.29, 0.717) is 24.3 Å². The van der Waals surface area contributed by atoms with Gasteiger partial charge < -0.3 is 5.11 Å². The number of aliphatic imine (C=N–C) groups is 2. The van der Waals surface area contributed by atoms with E-state index >= 15 is 0 Å². The van der Waals surface area contributed by atoms with Crippen LogP contribution in [0.1, 0.15) is 47.0 Å². The summed E-state index contributed by atoms with van der Waals surface area (Å²) < 4.78 is 0. The lowest BCUT2D eigenvalue weighted by Crippen LogP contribution is -2.26. The average Bonchev–Trinajstić information content (AvgIpc) is 2.28. The van der Waals surface area contributed by atoms with E-state index in [0.717, 1.165) is 6.42 Å². The summed E-state index contributed by atoms with van der Waals surface area (Å²) >= 11 is 0. The molecule has 4 heteroatoms. The highest BCUT2D eigenvalue weighted by molar-refractivity contribution is 6.16. The molecule has 20 heavy (non-hydrogen) atoms. The Balaban J connectivity index is 2.21. The Morgan fingerprint density at radius 1 is 1.45 bits per heavy atom. The first-order valence-corrected chi connectivity index (χ1v) is 7.01. The molecule has 0 fully saturated rings. The van der Waals surface area contributed by atoms with Gasteiger partial charge in [0.1, 0.15) is 11.6 Å². The topological polar surface area (TPSA) is 62.0 Å². The van der Waals surface area contributed by atoms with E-state index in [-0.39, 0.29) is 22.9 Å². The van der Waals surface area contributed by atoms with Gasteiger partial charge in [0.05, 0.1) is 5.57 Å². The molecule has 1 atom stereocenters. The highest BCUT2D eigenvalue weighted by Crippen LogP contribution is 2.35. The number of carbonyl (C=O) groups excluding carboxylic acids is 1. The van der Waals surface area contributed by atoms with Crippen LogP contribution in [0.4, 0.5) is 0 Å². The summed E-state index contributed by atoms with van der Waals surface area (Å²) in [5.74, 6) is 1.06. The molecule has 0 aromatic heterocycles. The highest BCUT2D eigenvalue weighted by atomic mass is 16.3. The van der Waals surface area contributed by atoms with Crippen LogP contribution in [0.15, 0.2) is 33.1 Å². The fourth-order valence-electron chi connectivity index (χ4n) is 2.67. The molecule has 1 N–H and O–H groups in total. The van der Waals surface area contributed by atoms with Crippen molar-refractivity contribution in [2.24, 2.45) is 21.3 Å². The average molecular weight is 274 g/mol. The van der Waals surface area contributed by atoms with Crippen molar-refractivity contribution in [1.29, 1.82) is 0 Å². The van der Waals surface area contributed by atoms with E-state index in [9.17, 15) is 9.90 Å². The predicted molar refractivity (Wildman–Crippen MR) is 81.1 cm³/mol. The predicted octanol–water partition coefficient (Wildman–Crippen LogP) is 3.60. The normalized spacial score (nSPS) is 26.8. The maximum absolute atomic E-state index is 12.1. The number of Topliss-reactive ketones (excluding diaryl/α,β-unsaturated/α-hetero) is 1. The van der Waals surface area contributed by atoms with Crippen LogP contribution < -0.4 is 0 Å². The maximum atomic E-state index is 12.1. The van der Waals surface area contributed by atoms with Crippen molar-refractivity contribution >= 4 is 17.8 Å². The number of hydrogen-bond acceptors (Lipinski definition) is 4. The minimum Gasteiger partial charge on any atom is -0.511 e. The van der Waals surface area contributed by atoms with Gasteiger partial charge in [0.25, 0.3) is 0 Å². The van der Waals surface area contributed by atoms with E-state index in [4.69, 9.17) is 0 Å². The third-order valence-corrected chi connectivity index (χ3v) is 3.71. The van der Waals surface area contributed by atoms with Gasteiger partial charge in [0.2, 0.25) is 0 Å². The van der Waals surface area contributed by atoms with Gasteiger partial charge >= 0.3 is 0 Å². The van der Waals surface area contributed by atoms with Crippen LogP contribution in [0, 0.1) is 11.3 Å². The lowest BCUT2D eigenvalue weighted by atomic mass is 9.77. The van der Waals surface area contributed by atoms with E-state index in [2.05, 4.69) is 16.9 Å². The first kappa shape index (κ1) is 14.7. The van der Waals surface area contributed by atoms with Gasteiger partial charge in [-0.3, -0.25) is 4.79 Å². The molecule has 0 bridgehead atoms. The van der Waals surface area contributed by atoms with E-state index < -0.39 is 0 Å². The van der Waals surface area contributed by atoms with Crippen LogP contribution in [0.5, 0.6) is 0 Å². The molecule has 1 aliphatic carbocycles. The summed E-state index contributed by atoms with van der Waals surface area (Å²) in [5, 5.41) is 10.0. The molecule has 0 aromatic carbocycles. The quantitative estimate of drug-likeness (QED) is 0.742. The van der Waals surface area contributed by atoms with E-state index in [1.54, 1.807) is 0 Å². The molecule has 4 nitrogen and oxygen atoms in total. The summed E-state index contributed by atoms with van der Waals surface area (Å²) in [4.78, 5) is 20.7. The lowest BCUT2D eigenvalue weighted by molar-refractivity contribution is -0.117. The molecular formula is C16H22N2O2. The van der Waals surface area contributed by atoms with Crippen molar-refractivity contribution in [3.63, 3.8) is 0 Å². The number of nitrogens with zero attached hydrogens (tertiary/aromatic N) is 2. The molecule has 0 saturated carbocycles. The first-order valence-electron chi connectivity index (χ1n) is 7.01. The zero-order valence-electron chi connectivity index (χ0n) is 12.6. The van der Waals surface area contributed by atoms with Crippen LogP contribution in [0.3, 0.4) is 0 Å². The Bertz CT molecular complexity index is 551. The smallest absolute Gasteiger partial charge is 0.168 e. The van der Waals surface area contributed by atoms with Crippen molar-refractivity contribution in [3.05, 3.63) is 23.1 Å². The molecule has 1 heterocycles. The number of ketones is 1. The number of rotatable bonds is 1. The highest BCUT2D eigenvalue weighted by Gasteiger charge is 2.32. The largest absolute Gasteiger partial charge is 0.511 e. The number of carbonyl (C=O) groups is 1. The van der Waals surface area contributed by atoms with E-state index in [1.807, 2.05) is 27.0 Å². The summed E-state index contributed by atoms with van der Waals surface area (Å²) in [7, 11) is 0. The fraction of sp³-hybridized carbons (Fsp3) is 0.562. The van der Waals surface area contributed by atoms with Crippen LogP contribution in [-0.2, 0) is 4.79 Å². The molecular weight excluding hydrogens is 252 g/mol. The number of aliphatic hydroxyl groups is 1. The van der Waals surface area contributed by atoms with Gasteiger partial charge in [-0.15, -0.1) is 0 Å². The molecule has 2 rings (SSSR count). The minimum atomic E-state index is -0.173. The fourth-order valence-corrected chi connectivity index (χ4v) is 2.67. The molecule has 1 unspecified atom stereocenters. The van der Waals surface area contributed by atoms with Crippen molar-refractivity contribution in [1.82, 2.24) is 0 Å². The van der Waals surface area contributed by atoms with Gasteiger partial charge in [-0.2, -0.15) is 0 Å². The Morgan fingerprint density at radius 2 is 2.15 bits per heavy atom. The standard InChI is InChI=1S/C16H22N2O2/c1-10-5-11(2)15(17-8-10)18-9-12-13(19)6-16(3,4)7-14(12)20/h8-9,11,19H,5-7H2,1-4H3. The Kier molecular flexibility index (Phi) is 3.93. The summed E-state index contributed by atoms with van der Waals surface area (Å²) in [6.45, 7) is 8.07. The zero-order valence-corrected chi connectivity index (χ0v) is 12.6. The van der Waals surface area contributed by atoms with Crippen LogP contribution >= 0.6 is 0 Å². The van der Waals surface area contributed by atoms with Crippen LogP contribution in [0.2, 0.25) is 0 Å². The Labute approximate surface area is 120 Å². The minimum absolute atomic E-state index is 0.0433. The first-order chi connectivity index (χ1) is 9.28. The summed E-state index contributed by atoms with van der Waals surface area (Å²) in [6, 6.07) is 0. The Hall–Kier alpha value is -1.71. The molecule has 2 aliphatic rings. The van der Waals surface area contributed by atoms with Crippen molar-refractivity contribution in [2.75, 3.05) is 0 Å². The van der Waals surface area contributed by atoms with Crippen molar-refractivity contribution < 1.29 is 9.90 Å². The number of hydrogen-bond donors (Lipinski definition) is 1. The number of amidine groups is 1. The molecule has 0 radical (unpaired) electrons. The van der Waals surface area contributed by atoms with Gasteiger partial charge in [-0.25, -0.2) is 9.98 Å². The molecule has 108 valence electrons. The molecule has 0 saturated heterocycles. The monoisotopic (exact) mass is 274 g/mol. The van der Waals surface area contributed by atoms with Crippen molar-refractivity contribution in [2.45, 2.75) is 47.0 Å². The zero-order chi connectivity index (χ0) is 14.9. The third kappa shape index (κ3) is 3.24. The molecule has 0 amide bonds.